The van der Waals surface area contributed by atoms with Crippen LogP contribution in [0.15, 0.2) is 29.6 Å². The van der Waals surface area contributed by atoms with E-state index in [1.807, 2.05) is 29.6 Å². The number of hydrogen-bond donors (Lipinski definition) is 1. The van der Waals surface area contributed by atoms with E-state index >= 15 is 0 Å². The van der Waals surface area contributed by atoms with Crippen LogP contribution in [-0.2, 0) is 0 Å². The highest BCUT2D eigenvalue weighted by atomic mass is 35.5. The van der Waals surface area contributed by atoms with Crippen molar-refractivity contribution in [2.45, 2.75) is 0 Å². The van der Waals surface area contributed by atoms with E-state index < -0.39 is 0 Å². The standard InChI is InChI=1S/C12H12ClN3OS/c1-16(2)12(17)15-11-14-10(7-18-11)8-3-5-9(13)6-4-8/h3-7H,1-2H3,(H,14,15,17). The smallest absolute Gasteiger partial charge is 0.323 e. The van der Waals surface area contributed by atoms with Crippen molar-refractivity contribution in [3.63, 3.8) is 0 Å². The van der Waals surface area contributed by atoms with Gasteiger partial charge in [-0.3, -0.25) is 5.32 Å². The highest BCUT2D eigenvalue weighted by Crippen LogP contribution is 2.25. The largest absolute Gasteiger partial charge is 0.331 e. The Bertz CT molecular complexity index is 551. The van der Waals surface area contributed by atoms with Crippen LogP contribution in [0.4, 0.5) is 9.93 Å². The van der Waals surface area contributed by atoms with Gasteiger partial charge in [0.1, 0.15) is 0 Å². The molecule has 1 N–H and O–H groups in total. The van der Waals surface area contributed by atoms with Gasteiger partial charge in [-0.25, -0.2) is 9.78 Å². The molecule has 0 aliphatic rings. The zero-order chi connectivity index (χ0) is 13.1. The molecule has 6 heteroatoms. The van der Waals surface area contributed by atoms with Crippen LogP contribution in [0.3, 0.4) is 0 Å². The molecule has 1 aromatic heterocycles. The lowest BCUT2D eigenvalue weighted by Crippen LogP contribution is -2.27. The lowest BCUT2D eigenvalue weighted by Gasteiger charge is -2.09. The fourth-order valence-corrected chi connectivity index (χ4v) is 2.12. The Morgan fingerprint density at radius 3 is 2.61 bits per heavy atom. The monoisotopic (exact) mass is 281 g/mol. The predicted octanol–water partition coefficient (Wildman–Crippen LogP) is 3.56. The van der Waals surface area contributed by atoms with Crippen molar-refractivity contribution in [2.24, 2.45) is 0 Å². The summed E-state index contributed by atoms with van der Waals surface area (Å²) in [4.78, 5) is 17.3. The van der Waals surface area contributed by atoms with E-state index in [1.54, 1.807) is 14.1 Å². The molecule has 18 heavy (non-hydrogen) atoms. The van der Waals surface area contributed by atoms with E-state index in [0.717, 1.165) is 11.3 Å². The lowest BCUT2D eigenvalue weighted by atomic mass is 10.2. The molecular formula is C12H12ClN3OS. The Hall–Kier alpha value is -1.59. The number of nitrogens with zero attached hydrogens (tertiary/aromatic N) is 2. The maximum atomic E-state index is 11.5. The number of thiazole rings is 1. The molecule has 1 aromatic carbocycles. The number of amides is 2. The Kier molecular flexibility index (Phi) is 3.84. The molecule has 2 rings (SSSR count). The first kappa shape index (κ1) is 12.9. The van der Waals surface area contributed by atoms with Crippen molar-refractivity contribution in [1.82, 2.24) is 9.88 Å². The second-order valence-corrected chi connectivity index (χ2v) is 5.16. The Morgan fingerprint density at radius 1 is 1.33 bits per heavy atom. The summed E-state index contributed by atoms with van der Waals surface area (Å²) in [6.45, 7) is 0. The van der Waals surface area contributed by atoms with Gasteiger partial charge < -0.3 is 4.90 Å². The van der Waals surface area contributed by atoms with E-state index in [0.29, 0.717) is 10.2 Å². The molecule has 0 saturated carbocycles. The molecule has 0 spiro atoms. The number of anilines is 1. The molecule has 0 aliphatic carbocycles. The Labute approximate surface area is 114 Å². The highest BCUT2D eigenvalue weighted by Gasteiger charge is 2.08. The second kappa shape index (κ2) is 5.37. The number of nitrogens with one attached hydrogen (secondary N) is 1. The van der Waals surface area contributed by atoms with Gasteiger partial charge in [0.15, 0.2) is 5.13 Å². The first-order chi connectivity index (χ1) is 8.56. The average Bonchev–Trinajstić information content (AvgIpc) is 2.78. The number of benzene rings is 1. The summed E-state index contributed by atoms with van der Waals surface area (Å²) in [5.74, 6) is 0. The number of aromatic nitrogens is 1. The molecule has 0 fully saturated rings. The van der Waals surface area contributed by atoms with Crippen LogP contribution in [-0.4, -0.2) is 30.0 Å². The Morgan fingerprint density at radius 2 is 2.00 bits per heavy atom. The van der Waals surface area contributed by atoms with Crippen LogP contribution in [0.1, 0.15) is 0 Å². The third kappa shape index (κ3) is 3.00. The highest BCUT2D eigenvalue weighted by molar-refractivity contribution is 7.14. The Balaban J connectivity index is 2.15. The van der Waals surface area contributed by atoms with Crippen molar-refractivity contribution in [1.29, 1.82) is 0 Å². The third-order valence-corrected chi connectivity index (χ3v) is 3.27. The summed E-state index contributed by atoms with van der Waals surface area (Å²) in [6, 6.07) is 7.24. The average molecular weight is 282 g/mol. The van der Waals surface area contributed by atoms with Gasteiger partial charge in [-0.1, -0.05) is 23.7 Å². The second-order valence-electron chi connectivity index (χ2n) is 3.87. The van der Waals surface area contributed by atoms with Gasteiger partial charge in [-0.05, 0) is 12.1 Å². The molecule has 2 aromatic rings. The van der Waals surface area contributed by atoms with Crippen molar-refractivity contribution in [3.8, 4) is 11.3 Å². The van der Waals surface area contributed by atoms with E-state index in [9.17, 15) is 4.79 Å². The minimum atomic E-state index is -0.188. The van der Waals surface area contributed by atoms with Gasteiger partial charge in [-0.2, -0.15) is 0 Å². The molecular weight excluding hydrogens is 270 g/mol. The first-order valence-electron chi connectivity index (χ1n) is 5.26. The fourth-order valence-electron chi connectivity index (χ4n) is 1.29. The van der Waals surface area contributed by atoms with Crippen molar-refractivity contribution in [2.75, 3.05) is 19.4 Å². The molecule has 94 valence electrons. The van der Waals surface area contributed by atoms with E-state index in [1.165, 1.54) is 16.2 Å². The molecule has 2 amide bonds. The summed E-state index contributed by atoms with van der Waals surface area (Å²) in [5.41, 5.74) is 1.80. The molecule has 0 unspecified atom stereocenters. The quantitative estimate of drug-likeness (QED) is 0.915. The van der Waals surface area contributed by atoms with Crippen molar-refractivity contribution >= 4 is 34.1 Å². The summed E-state index contributed by atoms with van der Waals surface area (Å²) >= 11 is 7.22. The molecule has 4 nitrogen and oxygen atoms in total. The summed E-state index contributed by atoms with van der Waals surface area (Å²) < 4.78 is 0. The number of rotatable bonds is 2. The summed E-state index contributed by atoms with van der Waals surface area (Å²) in [5, 5.41) is 5.88. The van der Waals surface area contributed by atoms with E-state index in [4.69, 9.17) is 11.6 Å². The molecule has 0 radical (unpaired) electrons. The normalized spacial score (nSPS) is 10.2. The zero-order valence-electron chi connectivity index (χ0n) is 9.98. The van der Waals surface area contributed by atoms with Gasteiger partial charge in [0.2, 0.25) is 0 Å². The maximum absolute atomic E-state index is 11.5. The summed E-state index contributed by atoms with van der Waals surface area (Å²) in [7, 11) is 3.37. The van der Waals surface area contributed by atoms with Crippen LogP contribution in [0.5, 0.6) is 0 Å². The first-order valence-corrected chi connectivity index (χ1v) is 6.52. The van der Waals surface area contributed by atoms with Crippen LogP contribution in [0, 0.1) is 0 Å². The fraction of sp³-hybridized carbons (Fsp3) is 0.167. The van der Waals surface area contributed by atoms with Gasteiger partial charge in [0, 0.05) is 30.1 Å². The number of carbonyl (C=O) groups is 1. The van der Waals surface area contributed by atoms with Gasteiger partial charge in [0.05, 0.1) is 5.69 Å². The van der Waals surface area contributed by atoms with Crippen molar-refractivity contribution in [3.05, 3.63) is 34.7 Å². The van der Waals surface area contributed by atoms with Crippen molar-refractivity contribution < 1.29 is 4.79 Å². The van der Waals surface area contributed by atoms with E-state index in [2.05, 4.69) is 10.3 Å². The maximum Gasteiger partial charge on any atom is 0.323 e. The number of urea groups is 1. The number of carbonyl (C=O) groups excluding carboxylic acids is 1. The zero-order valence-corrected chi connectivity index (χ0v) is 11.5. The molecule has 0 saturated heterocycles. The minimum absolute atomic E-state index is 0.188. The van der Waals surface area contributed by atoms with Gasteiger partial charge in [-0.15, -0.1) is 11.3 Å². The SMILES string of the molecule is CN(C)C(=O)Nc1nc(-c2ccc(Cl)cc2)cs1. The van der Waals surface area contributed by atoms with Crippen LogP contribution in [0.2, 0.25) is 5.02 Å². The minimum Gasteiger partial charge on any atom is -0.331 e. The molecule has 1 heterocycles. The third-order valence-electron chi connectivity index (χ3n) is 2.26. The van der Waals surface area contributed by atoms with Gasteiger partial charge in [0.25, 0.3) is 0 Å². The van der Waals surface area contributed by atoms with Crippen LogP contribution < -0.4 is 5.32 Å². The predicted molar refractivity (Wildman–Crippen MR) is 75.3 cm³/mol. The lowest BCUT2D eigenvalue weighted by molar-refractivity contribution is 0.230. The summed E-state index contributed by atoms with van der Waals surface area (Å²) in [6.07, 6.45) is 0. The van der Waals surface area contributed by atoms with Gasteiger partial charge >= 0.3 is 6.03 Å². The van der Waals surface area contributed by atoms with Crippen LogP contribution in [0.25, 0.3) is 11.3 Å². The van der Waals surface area contributed by atoms with Crippen LogP contribution >= 0.6 is 22.9 Å². The molecule has 0 bridgehead atoms. The molecule has 0 atom stereocenters. The topological polar surface area (TPSA) is 45.2 Å². The number of hydrogen-bond acceptors (Lipinski definition) is 3. The molecule has 0 aliphatic heterocycles. The van der Waals surface area contributed by atoms with E-state index in [-0.39, 0.29) is 6.03 Å². The number of halogens is 1.